The molecule has 140 valence electrons. The van der Waals surface area contributed by atoms with Gasteiger partial charge >= 0.3 is 0 Å². The molecule has 4 saturated carbocycles. The van der Waals surface area contributed by atoms with Gasteiger partial charge < -0.3 is 10.2 Å². The largest absolute Gasteiger partial charge is 0.393 e. The van der Waals surface area contributed by atoms with E-state index in [4.69, 9.17) is 0 Å². The molecule has 4 aliphatic carbocycles. The second-order valence-corrected chi connectivity index (χ2v) is 9.97. The molecule has 4 heteroatoms. The van der Waals surface area contributed by atoms with Crippen molar-refractivity contribution in [1.29, 1.82) is 0 Å². The highest BCUT2D eigenvalue weighted by molar-refractivity contribution is 5.90. The van der Waals surface area contributed by atoms with Crippen LogP contribution < -0.4 is 0 Å². The summed E-state index contributed by atoms with van der Waals surface area (Å²) in [6, 6.07) is 0. The van der Waals surface area contributed by atoms with Crippen molar-refractivity contribution in [3.63, 3.8) is 0 Å². The Hall–Kier alpha value is -0.740. The Morgan fingerprint density at radius 2 is 1.84 bits per heavy atom. The minimum Gasteiger partial charge on any atom is -0.393 e. The standard InChI is InChI=1S/C21H32O4/c1-12(22)21(25)9-7-16-15-5-4-13-10-14(23)6-8-19(13,2)18(15)17(24)11-20(16,21)3/h13-16,18,23,25H,4-11H2,1-3H3/t13-,14-,15?,16?,18?,19+,20+,21+/m1/s1. The Labute approximate surface area is 150 Å². The number of carbonyl (C=O) groups excluding carboxylic acids is 2. The number of Topliss-reactive ketones (excluding diaryl/α,β-unsaturated/α-hetero) is 2. The molecule has 25 heavy (non-hydrogen) atoms. The van der Waals surface area contributed by atoms with Gasteiger partial charge in [0.1, 0.15) is 11.4 Å². The number of carbonyl (C=O) groups is 2. The van der Waals surface area contributed by atoms with Crippen LogP contribution in [0.4, 0.5) is 0 Å². The average molecular weight is 348 g/mol. The fraction of sp³-hybridized carbons (Fsp3) is 0.905. The number of aliphatic hydroxyl groups excluding tert-OH is 1. The van der Waals surface area contributed by atoms with Crippen LogP contribution in [-0.4, -0.2) is 33.5 Å². The zero-order chi connectivity index (χ0) is 18.2. The molecule has 4 aliphatic rings. The fourth-order valence-corrected chi connectivity index (χ4v) is 7.63. The van der Waals surface area contributed by atoms with Gasteiger partial charge in [-0.15, -0.1) is 0 Å². The molecule has 4 rings (SSSR count). The molecule has 8 atom stereocenters. The normalized spacial score (nSPS) is 55.2. The summed E-state index contributed by atoms with van der Waals surface area (Å²) in [5.74, 6) is 1.10. The minimum atomic E-state index is -1.33. The lowest BCUT2D eigenvalue weighted by Crippen LogP contribution is -2.61. The topological polar surface area (TPSA) is 74.6 Å². The second kappa shape index (κ2) is 5.39. The maximum absolute atomic E-state index is 13.3. The first kappa shape index (κ1) is 17.7. The Morgan fingerprint density at radius 3 is 2.52 bits per heavy atom. The second-order valence-electron chi connectivity index (χ2n) is 9.97. The molecular formula is C21H32O4. The monoisotopic (exact) mass is 348 g/mol. The third-order valence-corrected chi connectivity index (χ3v) is 9.06. The summed E-state index contributed by atoms with van der Waals surface area (Å²) in [4.78, 5) is 25.6. The Balaban J connectivity index is 1.71. The summed E-state index contributed by atoms with van der Waals surface area (Å²) < 4.78 is 0. The van der Waals surface area contributed by atoms with Crippen LogP contribution in [0, 0.1) is 34.5 Å². The molecule has 0 aromatic rings. The molecule has 0 saturated heterocycles. The summed E-state index contributed by atoms with van der Waals surface area (Å²) >= 11 is 0. The maximum Gasteiger partial charge on any atom is 0.161 e. The van der Waals surface area contributed by atoms with Gasteiger partial charge in [-0.2, -0.15) is 0 Å². The van der Waals surface area contributed by atoms with E-state index in [1.54, 1.807) is 0 Å². The maximum atomic E-state index is 13.3. The predicted molar refractivity (Wildman–Crippen MR) is 93.8 cm³/mol. The van der Waals surface area contributed by atoms with Crippen molar-refractivity contribution >= 4 is 11.6 Å². The summed E-state index contributed by atoms with van der Waals surface area (Å²) in [5.41, 5.74) is -1.95. The lowest BCUT2D eigenvalue weighted by atomic mass is 9.44. The first-order chi connectivity index (χ1) is 11.6. The smallest absolute Gasteiger partial charge is 0.161 e. The van der Waals surface area contributed by atoms with Gasteiger partial charge in [-0.3, -0.25) is 9.59 Å². The first-order valence-electron chi connectivity index (χ1n) is 10.1. The molecule has 4 fully saturated rings. The van der Waals surface area contributed by atoms with Crippen LogP contribution in [0.3, 0.4) is 0 Å². The third-order valence-electron chi connectivity index (χ3n) is 9.06. The molecule has 0 aliphatic heterocycles. The highest BCUT2D eigenvalue weighted by Crippen LogP contribution is 2.67. The highest BCUT2D eigenvalue weighted by atomic mass is 16.3. The summed E-state index contributed by atoms with van der Waals surface area (Å²) in [6.07, 6.45) is 6.07. The number of fused-ring (bicyclic) bond motifs is 5. The highest BCUT2D eigenvalue weighted by Gasteiger charge is 2.68. The lowest BCUT2D eigenvalue weighted by molar-refractivity contribution is -0.178. The zero-order valence-electron chi connectivity index (χ0n) is 15.8. The van der Waals surface area contributed by atoms with Gasteiger partial charge in [-0.05, 0) is 75.0 Å². The molecule has 0 bridgehead atoms. The van der Waals surface area contributed by atoms with Gasteiger partial charge in [0.25, 0.3) is 0 Å². The molecule has 0 aromatic heterocycles. The van der Waals surface area contributed by atoms with Crippen LogP contribution in [0.25, 0.3) is 0 Å². The number of hydrogen-bond donors (Lipinski definition) is 2. The van der Waals surface area contributed by atoms with Gasteiger partial charge in [0.2, 0.25) is 0 Å². The Kier molecular flexibility index (Phi) is 3.81. The Bertz CT molecular complexity index is 615. The number of aliphatic hydroxyl groups is 2. The molecule has 3 unspecified atom stereocenters. The lowest BCUT2D eigenvalue weighted by Gasteiger charge is -2.60. The van der Waals surface area contributed by atoms with Gasteiger partial charge in [0.15, 0.2) is 5.78 Å². The summed E-state index contributed by atoms with van der Waals surface area (Å²) in [7, 11) is 0. The van der Waals surface area contributed by atoms with Crippen molar-refractivity contribution in [3.05, 3.63) is 0 Å². The van der Waals surface area contributed by atoms with Crippen LogP contribution in [0.15, 0.2) is 0 Å². The van der Waals surface area contributed by atoms with Crippen LogP contribution in [-0.2, 0) is 9.59 Å². The van der Waals surface area contributed by atoms with Crippen LogP contribution in [0.2, 0.25) is 0 Å². The van der Waals surface area contributed by atoms with Gasteiger partial charge in [-0.25, -0.2) is 0 Å². The van der Waals surface area contributed by atoms with Crippen molar-refractivity contribution in [2.45, 2.75) is 83.8 Å². The molecule has 0 aromatic carbocycles. The van der Waals surface area contributed by atoms with Crippen LogP contribution >= 0.6 is 0 Å². The molecule has 0 spiro atoms. The molecule has 0 amide bonds. The number of hydrogen-bond acceptors (Lipinski definition) is 4. The van der Waals surface area contributed by atoms with E-state index < -0.39 is 11.0 Å². The molecule has 0 radical (unpaired) electrons. The average Bonchev–Trinajstić information content (AvgIpc) is 2.80. The molecule has 4 nitrogen and oxygen atoms in total. The van der Waals surface area contributed by atoms with Crippen molar-refractivity contribution in [3.8, 4) is 0 Å². The molecular weight excluding hydrogens is 316 g/mol. The SMILES string of the molecule is CC(=O)[C@@]1(O)CCC2C3CC[C@@H]4C[C@H](O)CC[C@]4(C)C3C(=O)C[C@@]21C. The van der Waals surface area contributed by atoms with Gasteiger partial charge in [-0.1, -0.05) is 13.8 Å². The zero-order valence-corrected chi connectivity index (χ0v) is 15.8. The fourth-order valence-electron chi connectivity index (χ4n) is 7.63. The molecule has 0 heterocycles. The van der Waals surface area contributed by atoms with Gasteiger partial charge in [0, 0.05) is 17.8 Å². The van der Waals surface area contributed by atoms with E-state index in [0.717, 1.165) is 38.5 Å². The van der Waals surface area contributed by atoms with Crippen LogP contribution in [0.1, 0.15) is 72.1 Å². The van der Waals surface area contributed by atoms with Crippen molar-refractivity contribution in [2.75, 3.05) is 0 Å². The van der Waals surface area contributed by atoms with E-state index >= 15 is 0 Å². The van der Waals surface area contributed by atoms with E-state index in [0.29, 0.717) is 18.8 Å². The minimum absolute atomic E-state index is 0.0164. The summed E-state index contributed by atoms with van der Waals surface area (Å²) in [5, 5.41) is 21.2. The van der Waals surface area contributed by atoms with E-state index in [1.165, 1.54) is 6.92 Å². The van der Waals surface area contributed by atoms with Crippen molar-refractivity contribution in [1.82, 2.24) is 0 Å². The van der Waals surface area contributed by atoms with E-state index in [-0.39, 0.29) is 40.8 Å². The van der Waals surface area contributed by atoms with Gasteiger partial charge in [0.05, 0.1) is 6.10 Å². The number of ketones is 2. The van der Waals surface area contributed by atoms with Crippen LogP contribution in [0.5, 0.6) is 0 Å². The summed E-state index contributed by atoms with van der Waals surface area (Å²) in [6.45, 7) is 5.73. The van der Waals surface area contributed by atoms with Crippen molar-refractivity contribution < 1.29 is 19.8 Å². The first-order valence-corrected chi connectivity index (χ1v) is 10.1. The van der Waals surface area contributed by atoms with E-state index in [1.807, 2.05) is 6.92 Å². The number of rotatable bonds is 1. The quantitative estimate of drug-likeness (QED) is 0.764. The van der Waals surface area contributed by atoms with E-state index in [2.05, 4.69) is 6.92 Å². The third kappa shape index (κ3) is 2.13. The molecule has 2 N–H and O–H groups in total. The van der Waals surface area contributed by atoms with Crippen molar-refractivity contribution in [2.24, 2.45) is 34.5 Å². The van der Waals surface area contributed by atoms with E-state index in [9.17, 15) is 19.8 Å². The predicted octanol–water partition coefficient (Wildman–Crippen LogP) is 2.89. The Morgan fingerprint density at radius 1 is 1.12 bits per heavy atom.